The van der Waals surface area contributed by atoms with Crippen molar-refractivity contribution in [3.8, 4) is 11.8 Å². The molecule has 0 spiro atoms. The molecule has 3 rings (SSSR count). The van der Waals surface area contributed by atoms with Gasteiger partial charge in [-0.1, -0.05) is 30.3 Å². The Morgan fingerprint density at radius 1 is 1.15 bits per heavy atom. The van der Waals surface area contributed by atoms with Crippen molar-refractivity contribution in [2.45, 2.75) is 32.0 Å². The van der Waals surface area contributed by atoms with Crippen molar-refractivity contribution in [1.82, 2.24) is 9.80 Å². The predicted molar refractivity (Wildman–Crippen MR) is 109 cm³/mol. The summed E-state index contributed by atoms with van der Waals surface area (Å²) in [5.41, 5.74) is 2.86. The van der Waals surface area contributed by atoms with E-state index < -0.39 is 0 Å². The molecule has 4 heteroatoms. The third-order valence-electron chi connectivity index (χ3n) is 5.40. The monoisotopic (exact) mass is 361 g/mol. The molecular formula is C23H27N3O. The van der Waals surface area contributed by atoms with Crippen LogP contribution >= 0.6 is 0 Å². The van der Waals surface area contributed by atoms with E-state index in [9.17, 15) is 5.11 Å². The summed E-state index contributed by atoms with van der Waals surface area (Å²) in [6.07, 6.45) is 1.96. The first-order chi connectivity index (χ1) is 13.0. The Balaban J connectivity index is 1.99. The maximum Gasteiger partial charge on any atom is 0.115 e. The first kappa shape index (κ1) is 19.2. The fourth-order valence-corrected chi connectivity index (χ4v) is 4.02. The fourth-order valence-electron chi connectivity index (χ4n) is 4.02. The van der Waals surface area contributed by atoms with Crippen LogP contribution in [0.25, 0.3) is 0 Å². The van der Waals surface area contributed by atoms with Crippen molar-refractivity contribution in [1.29, 1.82) is 5.26 Å². The highest BCUT2D eigenvalue weighted by molar-refractivity contribution is 5.39. The van der Waals surface area contributed by atoms with Crippen LogP contribution in [0.5, 0.6) is 5.75 Å². The Morgan fingerprint density at radius 3 is 2.52 bits per heavy atom. The zero-order valence-corrected chi connectivity index (χ0v) is 16.0. The number of phenolic OH excluding ortho intramolecular Hbond substituents is 1. The lowest BCUT2D eigenvalue weighted by atomic mass is 9.93. The topological polar surface area (TPSA) is 50.5 Å². The normalized spacial score (nSPS) is 22.1. The van der Waals surface area contributed by atoms with Crippen LogP contribution in [-0.2, 0) is 0 Å². The van der Waals surface area contributed by atoms with Gasteiger partial charge in [-0.3, -0.25) is 9.80 Å². The number of hydrogen-bond acceptors (Lipinski definition) is 4. The van der Waals surface area contributed by atoms with Gasteiger partial charge in [-0.15, -0.1) is 6.58 Å². The number of benzene rings is 2. The van der Waals surface area contributed by atoms with Crippen molar-refractivity contribution in [2.24, 2.45) is 0 Å². The zero-order chi connectivity index (χ0) is 19.4. The minimum atomic E-state index is 0.0353. The molecule has 1 aliphatic heterocycles. The Bertz CT molecular complexity index is 824. The number of phenols is 1. The van der Waals surface area contributed by atoms with Crippen molar-refractivity contribution in [3.05, 3.63) is 77.9 Å². The summed E-state index contributed by atoms with van der Waals surface area (Å²) >= 11 is 0. The summed E-state index contributed by atoms with van der Waals surface area (Å²) in [6, 6.07) is 18.3. The summed E-state index contributed by atoms with van der Waals surface area (Å²) in [5.74, 6) is 0.275. The highest BCUT2D eigenvalue weighted by Gasteiger charge is 2.34. The van der Waals surface area contributed by atoms with Gasteiger partial charge in [-0.25, -0.2) is 0 Å². The molecule has 27 heavy (non-hydrogen) atoms. The molecule has 1 aliphatic rings. The standard InChI is InChI=1S/C23H27N3O/c1-4-12-25-15-18(3)26(16-17(25)2)23(21-6-5-7-22(27)13-21)20-10-8-19(14-24)9-11-20/h4-11,13,17-18,23,27H,1,12,15-16H2,2-3H3/t17-,18+,23-/m1/s1. The minimum absolute atomic E-state index is 0.0353. The van der Waals surface area contributed by atoms with Crippen LogP contribution in [0.15, 0.2) is 61.2 Å². The lowest BCUT2D eigenvalue weighted by molar-refractivity contribution is 0.0306. The molecule has 0 aromatic heterocycles. The van der Waals surface area contributed by atoms with Crippen LogP contribution in [0.2, 0.25) is 0 Å². The molecule has 1 N–H and O–H groups in total. The molecule has 1 saturated heterocycles. The van der Waals surface area contributed by atoms with Crippen LogP contribution in [0.4, 0.5) is 0 Å². The van der Waals surface area contributed by atoms with Gasteiger partial charge in [0, 0.05) is 31.7 Å². The third kappa shape index (κ3) is 4.21. The molecule has 140 valence electrons. The van der Waals surface area contributed by atoms with Crippen LogP contribution < -0.4 is 0 Å². The highest BCUT2D eigenvalue weighted by atomic mass is 16.3. The lowest BCUT2D eigenvalue weighted by Gasteiger charge is -2.47. The average Bonchev–Trinajstić information content (AvgIpc) is 2.66. The van der Waals surface area contributed by atoms with E-state index in [1.54, 1.807) is 6.07 Å². The average molecular weight is 361 g/mol. The fraction of sp³-hybridized carbons (Fsp3) is 0.348. The molecule has 3 atom stereocenters. The quantitative estimate of drug-likeness (QED) is 0.820. The van der Waals surface area contributed by atoms with Crippen molar-refractivity contribution in [3.63, 3.8) is 0 Å². The second-order valence-corrected chi connectivity index (χ2v) is 7.37. The van der Waals surface area contributed by atoms with Crippen LogP contribution in [0.3, 0.4) is 0 Å². The maximum absolute atomic E-state index is 10.0. The van der Waals surface area contributed by atoms with Gasteiger partial charge in [-0.2, -0.15) is 5.26 Å². The third-order valence-corrected chi connectivity index (χ3v) is 5.40. The molecule has 0 unspecified atom stereocenters. The Labute approximate surface area is 162 Å². The van der Waals surface area contributed by atoms with Crippen LogP contribution in [-0.4, -0.2) is 46.6 Å². The van der Waals surface area contributed by atoms with Gasteiger partial charge in [-0.05, 0) is 49.2 Å². The van der Waals surface area contributed by atoms with Gasteiger partial charge in [0.2, 0.25) is 0 Å². The van der Waals surface area contributed by atoms with E-state index in [4.69, 9.17) is 5.26 Å². The Hall–Kier alpha value is -2.61. The second-order valence-electron chi connectivity index (χ2n) is 7.37. The second kappa shape index (κ2) is 8.39. The van der Waals surface area contributed by atoms with Gasteiger partial charge < -0.3 is 5.11 Å². The summed E-state index contributed by atoms with van der Waals surface area (Å²) in [5, 5.41) is 19.2. The zero-order valence-electron chi connectivity index (χ0n) is 16.0. The number of rotatable bonds is 5. The molecular weight excluding hydrogens is 334 g/mol. The van der Waals surface area contributed by atoms with E-state index in [1.165, 1.54) is 0 Å². The molecule has 0 amide bonds. The van der Waals surface area contributed by atoms with Crippen molar-refractivity contribution < 1.29 is 5.11 Å². The van der Waals surface area contributed by atoms with E-state index in [1.807, 2.05) is 42.5 Å². The number of nitriles is 1. The van der Waals surface area contributed by atoms with E-state index in [2.05, 4.69) is 42.4 Å². The first-order valence-corrected chi connectivity index (χ1v) is 9.43. The van der Waals surface area contributed by atoms with Gasteiger partial charge in [0.25, 0.3) is 0 Å². The molecule has 4 nitrogen and oxygen atoms in total. The summed E-state index contributed by atoms with van der Waals surface area (Å²) in [6.45, 7) is 11.2. The molecule has 0 radical (unpaired) electrons. The van der Waals surface area contributed by atoms with Gasteiger partial charge in [0.15, 0.2) is 0 Å². The number of piperazine rings is 1. The van der Waals surface area contributed by atoms with Gasteiger partial charge >= 0.3 is 0 Å². The molecule has 1 heterocycles. The molecule has 2 aromatic carbocycles. The van der Waals surface area contributed by atoms with Crippen molar-refractivity contribution in [2.75, 3.05) is 19.6 Å². The minimum Gasteiger partial charge on any atom is -0.508 e. The SMILES string of the molecule is C=CCN1C[C@H](C)N([C@H](c2ccc(C#N)cc2)c2cccc(O)c2)C[C@H]1C. The molecule has 0 saturated carbocycles. The largest absolute Gasteiger partial charge is 0.508 e. The van der Waals surface area contributed by atoms with Crippen LogP contribution in [0.1, 0.15) is 36.6 Å². The molecule has 2 aromatic rings. The van der Waals surface area contributed by atoms with Gasteiger partial charge in [0.1, 0.15) is 5.75 Å². The number of hydrogen-bond donors (Lipinski definition) is 1. The molecule has 0 aliphatic carbocycles. The summed E-state index contributed by atoms with van der Waals surface area (Å²) < 4.78 is 0. The Morgan fingerprint density at radius 2 is 1.89 bits per heavy atom. The van der Waals surface area contributed by atoms with E-state index in [0.29, 0.717) is 17.6 Å². The van der Waals surface area contributed by atoms with Gasteiger partial charge in [0.05, 0.1) is 17.7 Å². The molecule has 0 bridgehead atoms. The first-order valence-electron chi connectivity index (χ1n) is 9.43. The van der Waals surface area contributed by atoms with Crippen molar-refractivity contribution >= 4 is 0 Å². The maximum atomic E-state index is 10.0. The summed E-state index contributed by atoms with van der Waals surface area (Å²) in [7, 11) is 0. The highest BCUT2D eigenvalue weighted by Crippen LogP contribution is 2.34. The van der Waals surface area contributed by atoms with Crippen LogP contribution in [0, 0.1) is 11.3 Å². The smallest absolute Gasteiger partial charge is 0.115 e. The molecule has 1 fully saturated rings. The lowest BCUT2D eigenvalue weighted by Crippen LogP contribution is -2.57. The Kier molecular flexibility index (Phi) is 5.95. The predicted octanol–water partition coefficient (Wildman–Crippen LogP) is 3.93. The van der Waals surface area contributed by atoms with E-state index in [0.717, 1.165) is 30.8 Å². The number of aromatic hydroxyl groups is 1. The van der Waals surface area contributed by atoms with E-state index >= 15 is 0 Å². The summed E-state index contributed by atoms with van der Waals surface area (Å²) in [4.78, 5) is 4.95. The van der Waals surface area contributed by atoms with E-state index in [-0.39, 0.29) is 11.8 Å². The number of nitrogens with zero attached hydrogens (tertiary/aromatic N) is 3.